The number of piperazine rings is 1. The van der Waals surface area contributed by atoms with E-state index in [1.54, 1.807) is 7.11 Å². The Morgan fingerprint density at radius 2 is 1.83 bits per heavy atom. The Morgan fingerprint density at radius 3 is 2.39 bits per heavy atom. The second kappa shape index (κ2) is 7.27. The molecule has 0 amide bonds. The topological polar surface area (TPSA) is 63.0 Å². The fourth-order valence-electron chi connectivity index (χ4n) is 2.54. The standard InChI is InChI=1S/C17H30N4O2/c1-17(2,3)23-12-19-14-10-13(18)15(11-16(14)22-5)21-8-6-20(4)7-9-21/h10-11,19H,6-9,12,18H2,1-5H3. The molecule has 0 saturated carbocycles. The summed E-state index contributed by atoms with van der Waals surface area (Å²) in [5.74, 6) is 0.783. The molecule has 0 aliphatic carbocycles. The van der Waals surface area contributed by atoms with Crippen molar-refractivity contribution in [2.75, 3.05) is 63.0 Å². The van der Waals surface area contributed by atoms with Crippen LogP contribution in [0.1, 0.15) is 20.8 Å². The molecule has 0 unspecified atom stereocenters. The Balaban J connectivity index is 2.11. The van der Waals surface area contributed by atoms with Crippen molar-refractivity contribution in [1.29, 1.82) is 0 Å². The molecule has 0 bridgehead atoms. The van der Waals surface area contributed by atoms with Crippen LogP contribution in [-0.4, -0.2) is 57.6 Å². The second-order valence-electron chi connectivity index (χ2n) is 6.98. The SMILES string of the molecule is COc1cc(N2CCN(C)CC2)c(N)cc1NCOC(C)(C)C. The molecule has 1 aromatic rings. The molecule has 3 N–H and O–H groups in total. The number of anilines is 3. The molecule has 2 rings (SSSR count). The minimum absolute atomic E-state index is 0.189. The van der Waals surface area contributed by atoms with Crippen LogP contribution in [0.15, 0.2) is 12.1 Å². The van der Waals surface area contributed by atoms with E-state index < -0.39 is 0 Å². The third kappa shape index (κ3) is 4.91. The van der Waals surface area contributed by atoms with Crippen molar-refractivity contribution in [3.63, 3.8) is 0 Å². The summed E-state index contributed by atoms with van der Waals surface area (Å²) < 4.78 is 11.2. The van der Waals surface area contributed by atoms with Gasteiger partial charge in [0.25, 0.3) is 0 Å². The van der Waals surface area contributed by atoms with E-state index >= 15 is 0 Å². The zero-order valence-corrected chi connectivity index (χ0v) is 15.0. The highest BCUT2D eigenvalue weighted by Gasteiger charge is 2.19. The van der Waals surface area contributed by atoms with Crippen molar-refractivity contribution in [1.82, 2.24) is 4.90 Å². The van der Waals surface area contributed by atoms with Crippen molar-refractivity contribution < 1.29 is 9.47 Å². The van der Waals surface area contributed by atoms with E-state index in [1.807, 2.05) is 32.9 Å². The molecule has 0 atom stereocenters. The summed E-state index contributed by atoms with van der Waals surface area (Å²) in [6.07, 6.45) is 0. The van der Waals surface area contributed by atoms with E-state index in [2.05, 4.69) is 22.2 Å². The van der Waals surface area contributed by atoms with Gasteiger partial charge in [0, 0.05) is 32.2 Å². The van der Waals surface area contributed by atoms with E-state index in [9.17, 15) is 0 Å². The molecule has 1 saturated heterocycles. The third-order valence-electron chi connectivity index (χ3n) is 3.96. The predicted molar refractivity (Wildman–Crippen MR) is 96.4 cm³/mol. The highest BCUT2D eigenvalue weighted by Crippen LogP contribution is 2.35. The third-order valence-corrected chi connectivity index (χ3v) is 3.96. The number of hydrogen-bond donors (Lipinski definition) is 2. The second-order valence-corrected chi connectivity index (χ2v) is 6.98. The lowest BCUT2D eigenvalue weighted by Crippen LogP contribution is -2.44. The highest BCUT2D eigenvalue weighted by atomic mass is 16.5. The largest absolute Gasteiger partial charge is 0.495 e. The summed E-state index contributed by atoms with van der Waals surface area (Å²) in [6.45, 7) is 10.5. The number of nitrogens with one attached hydrogen (secondary N) is 1. The van der Waals surface area contributed by atoms with Crippen molar-refractivity contribution in [3.05, 3.63) is 12.1 Å². The number of nitrogens with zero attached hydrogens (tertiary/aromatic N) is 2. The van der Waals surface area contributed by atoms with Gasteiger partial charge in [0.15, 0.2) is 0 Å². The minimum atomic E-state index is -0.189. The maximum atomic E-state index is 6.28. The average molecular weight is 322 g/mol. The first-order chi connectivity index (χ1) is 10.8. The lowest BCUT2D eigenvalue weighted by atomic mass is 10.2. The van der Waals surface area contributed by atoms with Gasteiger partial charge in [-0.3, -0.25) is 0 Å². The molecule has 1 aliphatic heterocycles. The van der Waals surface area contributed by atoms with Crippen molar-refractivity contribution >= 4 is 17.1 Å². The number of methoxy groups -OCH3 is 1. The van der Waals surface area contributed by atoms with Crippen LogP contribution in [0.3, 0.4) is 0 Å². The van der Waals surface area contributed by atoms with Crippen LogP contribution in [0.4, 0.5) is 17.1 Å². The lowest BCUT2D eigenvalue weighted by Gasteiger charge is -2.35. The molecular weight excluding hydrogens is 292 g/mol. The first-order valence-electron chi connectivity index (χ1n) is 8.09. The first-order valence-corrected chi connectivity index (χ1v) is 8.09. The highest BCUT2D eigenvalue weighted by molar-refractivity contribution is 5.77. The fourth-order valence-corrected chi connectivity index (χ4v) is 2.54. The number of hydrogen-bond acceptors (Lipinski definition) is 6. The summed E-state index contributed by atoms with van der Waals surface area (Å²) in [6, 6.07) is 3.94. The molecule has 1 fully saturated rings. The van der Waals surface area contributed by atoms with Gasteiger partial charge in [-0.15, -0.1) is 0 Å². The Hall–Kier alpha value is -1.66. The van der Waals surface area contributed by atoms with E-state index in [0.717, 1.165) is 49.0 Å². The summed E-state index contributed by atoms with van der Waals surface area (Å²) in [5.41, 5.74) is 8.74. The van der Waals surface area contributed by atoms with Crippen LogP contribution in [0.2, 0.25) is 0 Å². The summed E-state index contributed by atoms with van der Waals surface area (Å²) in [4.78, 5) is 4.64. The molecule has 1 aromatic carbocycles. The van der Waals surface area contributed by atoms with E-state index in [4.69, 9.17) is 15.2 Å². The quantitative estimate of drug-likeness (QED) is 0.640. The Morgan fingerprint density at radius 1 is 1.17 bits per heavy atom. The maximum absolute atomic E-state index is 6.28. The minimum Gasteiger partial charge on any atom is -0.495 e. The van der Waals surface area contributed by atoms with Crippen LogP contribution < -0.4 is 20.7 Å². The van der Waals surface area contributed by atoms with Crippen molar-refractivity contribution in [2.45, 2.75) is 26.4 Å². The van der Waals surface area contributed by atoms with Crippen LogP contribution in [0, 0.1) is 0 Å². The molecule has 0 aromatic heterocycles. The van der Waals surface area contributed by atoms with Crippen molar-refractivity contribution in [2.24, 2.45) is 0 Å². The Labute approximate surface area is 139 Å². The van der Waals surface area contributed by atoms with Gasteiger partial charge in [-0.05, 0) is 33.9 Å². The molecule has 6 nitrogen and oxygen atoms in total. The van der Waals surface area contributed by atoms with Crippen LogP contribution in [0.25, 0.3) is 0 Å². The number of benzene rings is 1. The van der Waals surface area contributed by atoms with Crippen LogP contribution in [-0.2, 0) is 4.74 Å². The molecule has 0 radical (unpaired) electrons. The molecule has 0 spiro atoms. The Kier molecular flexibility index (Phi) is 5.59. The van der Waals surface area contributed by atoms with Gasteiger partial charge in [-0.1, -0.05) is 0 Å². The summed E-state index contributed by atoms with van der Waals surface area (Å²) in [7, 11) is 3.82. The average Bonchev–Trinajstić information content (AvgIpc) is 2.47. The van der Waals surface area contributed by atoms with Gasteiger partial charge in [0.1, 0.15) is 12.5 Å². The van der Waals surface area contributed by atoms with Gasteiger partial charge in [0.2, 0.25) is 0 Å². The zero-order valence-electron chi connectivity index (χ0n) is 15.0. The lowest BCUT2D eigenvalue weighted by molar-refractivity contribution is 0.00839. The van der Waals surface area contributed by atoms with E-state index in [0.29, 0.717) is 6.73 Å². The fraction of sp³-hybridized carbons (Fsp3) is 0.647. The smallest absolute Gasteiger partial charge is 0.144 e. The molecule has 130 valence electrons. The molecule has 6 heteroatoms. The van der Waals surface area contributed by atoms with Gasteiger partial charge in [-0.2, -0.15) is 0 Å². The maximum Gasteiger partial charge on any atom is 0.144 e. The van der Waals surface area contributed by atoms with E-state index in [-0.39, 0.29) is 5.60 Å². The van der Waals surface area contributed by atoms with Crippen LogP contribution >= 0.6 is 0 Å². The monoisotopic (exact) mass is 322 g/mol. The van der Waals surface area contributed by atoms with Gasteiger partial charge in [0.05, 0.1) is 29.8 Å². The van der Waals surface area contributed by atoms with Crippen molar-refractivity contribution in [3.8, 4) is 5.75 Å². The Bertz CT molecular complexity index is 520. The molecule has 1 heterocycles. The number of nitrogen functional groups attached to an aromatic ring is 1. The number of likely N-dealkylation sites (N-methyl/N-ethyl adjacent to an activating group) is 1. The normalized spacial score (nSPS) is 16.5. The number of rotatable bonds is 5. The summed E-state index contributed by atoms with van der Waals surface area (Å²) in [5, 5.41) is 3.24. The van der Waals surface area contributed by atoms with Gasteiger partial charge < -0.3 is 30.3 Å². The molecule has 23 heavy (non-hydrogen) atoms. The summed E-state index contributed by atoms with van der Waals surface area (Å²) >= 11 is 0. The van der Waals surface area contributed by atoms with E-state index in [1.165, 1.54) is 0 Å². The first kappa shape index (κ1) is 17.7. The zero-order chi connectivity index (χ0) is 17.0. The van der Waals surface area contributed by atoms with Crippen LogP contribution in [0.5, 0.6) is 5.75 Å². The van der Waals surface area contributed by atoms with Gasteiger partial charge >= 0.3 is 0 Å². The predicted octanol–water partition coefficient (Wildman–Crippen LogP) is 2.21. The van der Waals surface area contributed by atoms with Gasteiger partial charge in [-0.25, -0.2) is 0 Å². The number of nitrogens with two attached hydrogens (primary N) is 1. The molecular formula is C17H30N4O2. The molecule has 1 aliphatic rings. The number of ether oxygens (including phenoxy) is 2.